The molecule has 0 heterocycles. The monoisotopic (exact) mass is 434 g/mol. The van der Waals surface area contributed by atoms with E-state index in [0.717, 1.165) is 25.7 Å². The summed E-state index contributed by atoms with van der Waals surface area (Å²) in [6.07, 6.45) is 11.0. The highest BCUT2D eigenvalue weighted by atomic mass is 16.5. The summed E-state index contributed by atoms with van der Waals surface area (Å²) in [5.41, 5.74) is 1.24. The summed E-state index contributed by atoms with van der Waals surface area (Å²) in [7, 11) is 1.70. The number of ether oxygens (including phenoxy) is 3. The Labute approximate surface area is 188 Å². The lowest BCUT2D eigenvalue weighted by Crippen LogP contribution is -2.12. The van der Waals surface area contributed by atoms with Gasteiger partial charge in [-0.05, 0) is 37.2 Å². The Morgan fingerprint density at radius 2 is 1.32 bits per heavy atom. The predicted octanol–water partition coefficient (Wildman–Crippen LogP) is 6.20. The molecular weight excluding hydrogens is 392 g/mol. The molecule has 31 heavy (non-hydrogen) atoms. The number of unbranched alkanes of at least 4 members (excludes halogenated alkanes) is 6. The molecule has 0 aromatic heterocycles. The second-order valence-electron chi connectivity index (χ2n) is 8.09. The highest BCUT2D eigenvalue weighted by Gasteiger charge is 2.13. The molecule has 0 saturated carbocycles. The minimum atomic E-state index is -0.251. The van der Waals surface area contributed by atoms with Crippen molar-refractivity contribution in [2.24, 2.45) is 0 Å². The molecule has 0 aliphatic heterocycles. The van der Waals surface area contributed by atoms with Gasteiger partial charge in [-0.15, -0.1) is 0 Å². The molecule has 5 nitrogen and oxygen atoms in total. The number of methoxy groups -OCH3 is 1. The van der Waals surface area contributed by atoms with Crippen molar-refractivity contribution < 1.29 is 23.8 Å². The molecule has 1 aromatic rings. The van der Waals surface area contributed by atoms with Crippen LogP contribution >= 0.6 is 0 Å². The van der Waals surface area contributed by atoms with E-state index in [1.807, 2.05) is 18.2 Å². The molecule has 1 unspecified atom stereocenters. The SMILES string of the molecule is CCCCCCCCCOC(=O)CCCC(=O)OCCC(CCOC)c1ccccc1. The third kappa shape index (κ3) is 14.7. The van der Waals surface area contributed by atoms with E-state index in [-0.39, 0.29) is 24.8 Å². The number of hydrogen-bond acceptors (Lipinski definition) is 5. The van der Waals surface area contributed by atoms with Gasteiger partial charge in [-0.2, -0.15) is 0 Å². The molecule has 0 fully saturated rings. The van der Waals surface area contributed by atoms with Gasteiger partial charge in [0, 0.05) is 26.6 Å². The van der Waals surface area contributed by atoms with E-state index in [2.05, 4.69) is 19.1 Å². The Morgan fingerprint density at radius 1 is 0.742 bits per heavy atom. The second-order valence-corrected chi connectivity index (χ2v) is 8.09. The average molecular weight is 435 g/mol. The molecule has 176 valence electrons. The van der Waals surface area contributed by atoms with Crippen molar-refractivity contribution in [1.29, 1.82) is 0 Å². The fourth-order valence-corrected chi connectivity index (χ4v) is 3.54. The summed E-state index contributed by atoms with van der Waals surface area (Å²) in [6.45, 7) is 3.75. The molecule has 0 N–H and O–H groups in total. The maximum atomic E-state index is 12.0. The summed E-state index contributed by atoms with van der Waals surface area (Å²) in [4.78, 5) is 23.7. The van der Waals surface area contributed by atoms with Crippen LogP contribution in [0, 0.1) is 0 Å². The van der Waals surface area contributed by atoms with Crippen molar-refractivity contribution in [3.63, 3.8) is 0 Å². The van der Waals surface area contributed by atoms with Crippen molar-refractivity contribution in [3.05, 3.63) is 35.9 Å². The van der Waals surface area contributed by atoms with E-state index in [1.165, 1.54) is 37.7 Å². The number of hydrogen-bond donors (Lipinski definition) is 0. The average Bonchev–Trinajstić information content (AvgIpc) is 2.78. The zero-order chi connectivity index (χ0) is 22.6. The van der Waals surface area contributed by atoms with Crippen LogP contribution in [0.3, 0.4) is 0 Å². The van der Waals surface area contributed by atoms with Crippen LogP contribution in [0.15, 0.2) is 30.3 Å². The maximum Gasteiger partial charge on any atom is 0.305 e. The maximum absolute atomic E-state index is 12.0. The number of carbonyl (C=O) groups excluding carboxylic acids is 2. The standard InChI is InChI=1S/C26H42O5/c1-3-4-5-6-7-8-12-20-30-25(27)16-13-17-26(28)31-22-19-24(18-21-29-2)23-14-10-9-11-15-23/h9-11,14-15,24H,3-8,12-13,16-22H2,1-2H3. The quantitative estimate of drug-likeness (QED) is 0.191. The van der Waals surface area contributed by atoms with Gasteiger partial charge < -0.3 is 14.2 Å². The topological polar surface area (TPSA) is 61.8 Å². The lowest BCUT2D eigenvalue weighted by atomic mass is 9.93. The van der Waals surface area contributed by atoms with Gasteiger partial charge in [0.05, 0.1) is 13.2 Å². The Balaban J connectivity index is 2.08. The third-order valence-corrected chi connectivity index (χ3v) is 5.44. The highest BCUT2D eigenvalue weighted by molar-refractivity contribution is 5.72. The molecule has 1 aromatic carbocycles. The van der Waals surface area contributed by atoms with Crippen LogP contribution in [-0.2, 0) is 23.8 Å². The van der Waals surface area contributed by atoms with E-state index in [1.54, 1.807) is 7.11 Å². The van der Waals surface area contributed by atoms with Gasteiger partial charge in [-0.25, -0.2) is 0 Å². The Kier molecular flexibility index (Phi) is 16.5. The number of benzene rings is 1. The minimum absolute atomic E-state index is 0.220. The lowest BCUT2D eigenvalue weighted by molar-refractivity contribution is -0.145. The molecule has 0 spiro atoms. The summed E-state index contributed by atoms with van der Waals surface area (Å²) in [5.74, 6) is -0.170. The molecule has 0 radical (unpaired) electrons. The van der Waals surface area contributed by atoms with Crippen molar-refractivity contribution in [3.8, 4) is 0 Å². The highest BCUT2D eigenvalue weighted by Crippen LogP contribution is 2.23. The van der Waals surface area contributed by atoms with Gasteiger partial charge >= 0.3 is 11.9 Å². The summed E-state index contributed by atoms with van der Waals surface area (Å²) in [6, 6.07) is 10.2. The van der Waals surface area contributed by atoms with Crippen molar-refractivity contribution >= 4 is 11.9 Å². The zero-order valence-electron chi connectivity index (χ0n) is 19.6. The van der Waals surface area contributed by atoms with Gasteiger partial charge in [0.15, 0.2) is 0 Å². The number of carbonyl (C=O) groups is 2. The van der Waals surface area contributed by atoms with Gasteiger partial charge in [0.25, 0.3) is 0 Å². The van der Waals surface area contributed by atoms with Crippen molar-refractivity contribution in [2.45, 2.75) is 89.9 Å². The molecule has 0 bridgehead atoms. The van der Waals surface area contributed by atoms with Gasteiger partial charge in [-0.3, -0.25) is 9.59 Å². The molecule has 1 rings (SSSR count). The normalized spacial score (nSPS) is 11.8. The first kappa shape index (κ1) is 27.2. The summed E-state index contributed by atoms with van der Waals surface area (Å²) < 4.78 is 15.8. The fraction of sp³-hybridized carbons (Fsp3) is 0.692. The van der Waals surface area contributed by atoms with E-state index in [0.29, 0.717) is 32.2 Å². The van der Waals surface area contributed by atoms with Crippen LogP contribution in [0.1, 0.15) is 95.5 Å². The summed E-state index contributed by atoms with van der Waals surface area (Å²) in [5, 5.41) is 0. The number of rotatable bonds is 19. The van der Waals surface area contributed by atoms with Crippen LogP contribution in [0.5, 0.6) is 0 Å². The van der Waals surface area contributed by atoms with Gasteiger partial charge in [-0.1, -0.05) is 75.8 Å². The minimum Gasteiger partial charge on any atom is -0.466 e. The number of esters is 2. The second kappa shape index (κ2) is 18.9. The van der Waals surface area contributed by atoms with Crippen LogP contribution < -0.4 is 0 Å². The van der Waals surface area contributed by atoms with E-state index < -0.39 is 0 Å². The Bertz CT molecular complexity index is 572. The first-order valence-electron chi connectivity index (χ1n) is 12.0. The summed E-state index contributed by atoms with van der Waals surface area (Å²) >= 11 is 0. The van der Waals surface area contributed by atoms with E-state index >= 15 is 0 Å². The van der Waals surface area contributed by atoms with Gasteiger partial charge in [0.1, 0.15) is 0 Å². The lowest BCUT2D eigenvalue weighted by Gasteiger charge is -2.17. The van der Waals surface area contributed by atoms with Crippen LogP contribution in [0.4, 0.5) is 0 Å². The largest absolute Gasteiger partial charge is 0.466 e. The van der Waals surface area contributed by atoms with Crippen molar-refractivity contribution in [2.75, 3.05) is 26.9 Å². The molecule has 0 amide bonds. The van der Waals surface area contributed by atoms with Crippen LogP contribution in [-0.4, -0.2) is 38.9 Å². The van der Waals surface area contributed by atoms with Crippen LogP contribution in [0.2, 0.25) is 0 Å². The first-order chi connectivity index (χ1) is 15.2. The molecule has 0 aliphatic rings. The fourth-order valence-electron chi connectivity index (χ4n) is 3.54. The zero-order valence-corrected chi connectivity index (χ0v) is 19.6. The first-order valence-corrected chi connectivity index (χ1v) is 12.0. The Hall–Kier alpha value is -1.88. The van der Waals surface area contributed by atoms with Gasteiger partial charge in [0.2, 0.25) is 0 Å². The molecule has 5 heteroatoms. The molecule has 0 saturated heterocycles. The predicted molar refractivity (Wildman–Crippen MR) is 124 cm³/mol. The van der Waals surface area contributed by atoms with Crippen molar-refractivity contribution in [1.82, 2.24) is 0 Å². The third-order valence-electron chi connectivity index (χ3n) is 5.44. The molecular formula is C26H42O5. The van der Waals surface area contributed by atoms with E-state index in [4.69, 9.17) is 14.2 Å². The molecule has 1 atom stereocenters. The molecule has 0 aliphatic carbocycles. The smallest absolute Gasteiger partial charge is 0.305 e. The Morgan fingerprint density at radius 3 is 1.97 bits per heavy atom. The van der Waals surface area contributed by atoms with E-state index in [9.17, 15) is 9.59 Å². The van der Waals surface area contributed by atoms with Crippen LogP contribution in [0.25, 0.3) is 0 Å².